The third-order valence-electron chi connectivity index (χ3n) is 19.1. The fraction of sp³-hybridized carbons (Fsp3) is 0.949. The molecule has 4 unspecified atom stereocenters. The number of esters is 4. The average molecular weight is 1440 g/mol. The minimum atomic E-state index is -4.96. The fourth-order valence-corrected chi connectivity index (χ4v) is 13.6. The molecule has 0 radical (unpaired) electrons. The van der Waals surface area contributed by atoms with Gasteiger partial charge in [0.25, 0.3) is 0 Å². The van der Waals surface area contributed by atoms with Gasteiger partial charge in [-0.1, -0.05) is 357 Å². The molecule has 0 aromatic rings. The summed E-state index contributed by atoms with van der Waals surface area (Å²) in [5, 5.41) is 10.6. The lowest BCUT2D eigenvalue weighted by Crippen LogP contribution is -2.30. The van der Waals surface area contributed by atoms with Gasteiger partial charge in [-0.3, -0.25) is 37.3 Å². The molecule has 3 N–H and O–H groups in total. The fourth-order valence-electron chi connectivity index (χ4n) is 12.1. The molecule has 0 bridgehead atoms. The first-order valence-corrected chi connectivity index (χ1v) is 43.9. The van der Waals surface area contributed by atoms with Crippen molar-refractivity contribution in [1.82, 2.24) is 0 Å². The van der Waals surface area contributed by atoms with Crippen molar-refractivity contribution in [1.29, 1.82) is 0 Å². The summed E-state index contributed by atoms with van der Waals surface area (Å²) in [4.78, 5) is 72.9. The number of carbonyl (C=O) groups is 4. The summed E-state index contributed by atoms with van der Waals surface area (Å²) < 4.78 is 68.7. The number of hydrogen-bond acceptors (Lipinski definition) is 15. The maximum absolute atomic E-state index is 13.1. The van der Waals surface area contributed by atoms with Gasteiger partial charge in [0.05, 0.1) is 26.4 Å². The molecular weight excluding hydrogens is 1280 g/mol. The molecule has 0 fully saturated rings. The molecule has 17 nitrogen and oxygen atoms in total. The summed E-state index contributed by atoms with van der Waals surface area (Å²) in [5.74, 6) is 0.240. The third kappa shape index (κ3) is 69.8. The standard InChI is InChI=1S/C79H154O17P2/c1-8-11-12-13-14-15-16-17-18-19-23-26-32-39-46-53-60-76(81)89-66-74(95-78(83)62-55-48-40-33-27-24-21-20-22-25-30-37-44-51-58-71(6)9-2)68-93-97(85,86)91-64-73(80)65-92-98(87,88)94-69-75(67-90-77(82)61-54-47-42-35-36-43-50-57-70(4)5)96-79(84)63-56-49-41-34-29-28-31-38-45-52-59-72(7)10-3/h70-75,80H,8-69H2,1-7H3,(H,85,86)(H,87,88)/t71?,72?,73-,74-,75-/m1/s1. The summed E-state index contributed by atoms with van der Waals surface area (Å²) in [7, 11) is -9.92. The number of rotatable bonds is 77. The van der Waals surface area contributed by atoms with E-state index in [1.807, 2.05) is 0 Å². The average Bonchev–Trinajstić information content (AvgIpc) is 0.950. The predicted octanol–water partition coefficient (Wildman–Crippen LogP) is 23.4. The quantitative estimate of drug-likeness (QED) is 0.0222. The Bertz CT molecular complexity index is 1910. The number of unbranched alkanes of at least 4 members (excludes halogenated alkanes) is 43. The van der Waals surface area contributed by atoms with E-state index in [0.717, 1.165) is 108 Å². The number of aliphatic hydroxyl groups is 1. The Morgan fingerprint density at radius 2 is 0.520 bits per heavy atom. The summed E-state index contributed by atoms with van der Waals surface area (Å²) >= 11 is 0. The van der Waals surface area contributed by atoms with Crippen LogP contribution in [0.3, 0.4) is 0 Å². The molecule has 0 saturated carbocycles. The van der Waals surface area contributed by atoms with Crippen LogP contribution in [0.1, 0.15) is 408 Å². The highest BCUT2D eigenvalue weighted by Crippen LogP contribution is 2.45. The van der Waals surface area contributed by atoms with Crippen LogP contribution in [0.5, 0.6) is 0 Å². The molecule has 0 spiro atoms. The number of ether oxygens (including phenoxy) is 4. The third-order valence-corrected chi connectivity index (χ3v) is 21.0. The maximum atomic E-state index is 13.1. The molecule has 19 heteroatoms. The van der Waals surface area contributed by atoms with Crippen LogP contribution in [0.2, 0.25) is 0 Å². The molecule has 0 saturated heterocycles. The van der Waals surface area contributed by atoms with Gasteiger partial charge < -0.3 is 33.8 Å². The largest absolute Gasteiger partial charge is 0.472 e. The van der Waals surface area contributed by atoms with Gasteiger partial charge in [-0.25, -0.2) is 9.13 Å². The smallest absolute Gasteiger partial charge is 0.462 e. The summed E-state index contributed by atoms with van der Waals surface area (Å²) in [6.07, 6.45) is 56.8. The van der Waals surface area contributed by atoms with Crippen LogP contribution >= 0.6 is 15.6 Å². The number of hydrogen-bond donors (Lipinski definition) is 3. The molecule has 98 heavy (non-hydrogen) atoms. The van der Waals surface area contributed by atoms with Crippen LogP contribution in [0, 0.1) is 17.8 Å². The van der Waals surface area contributed by atoms with Crippen molar-refractivity contribution < 1.29 is 80.2 Å². The Labute approximate surface area is 600 Å². The summed E-state index contributed by atoms with van der Waals surface area (Å²) in [6.45, 7) is 11.9. The van der Waals surface area contributed by atoms with Crippen molar-refractivity contribution in [3.8, 4) is 0 Å². The zero-order chi connectivity index (χ0) is 72.3. The van der Waals surface area contributed by atoms with Crippen molar-refractivity contribution in [3.63, 3.8) is 0 Å². The molecular formula is C79H154O17P2. The second-order valence-electron chi connectivity index (χ2n) is 29.4. The molecule has 0 aromatic carbocycles. The SMILES string of the molecule is CCCCCCCCCCCCCCCCCCC(=O)OC[C@H](COP(=O)(O)OC[C@@H](O)COP(=O)(O)OC[C@@H](COC(=O)CCCCCCCCCC(C)C)OC(=O)CCCCCCCCCCCCC(C)CC)OC(=O)CCCCCCCCCCCCCCCCC(C)CC. The Morgan fingerprint density at radius 1 is 0.296 bits per heavy atom. The van der Waals surface area contributed by atoms with Crippen molar-refractivity contribution in [2.45, 2.75) is 426 Å². The number of phosphoric ester groups is 2. The Hall–Kier alpha value is -1.94. The molecule has 0 amide bonds. The normalized spacial score (nSPS) is 14.6. The van der Waals surface area contributed by atoms with Crippen LogP contribution < -0.4 is 0 Å². The highest BCUT2D eigenvalue weighted by Gasteiger charge is 2.30. The molecule has 582 valence electrons. The van der Waals surface area contributed by atoms with Crippen LogP contribution in [0.15, 0.2) is 0 Å². The van der Waals surface area contributed by atoms with Gasteiger partial charge in [-0.05, 0) is 43.4 Å². The zero-order valence-corrected chi connectivity index (χ0v) is 66.0. The molecule has 0 aliphatic rings. The monoisotopic (exact) mass is 1440 g/mol. The van der Waals surface area contributed by atoms with E-state index in [1.165, 1.54) is 212 Å². The van der Waals surface area contributed by atoms with E-state index in [0.29, 0.717) is 31.6 Å². The van der Waals surface area contributed by atoms with E-state index < -0.39 is 97.5 Å². The van der Waals surface area contributed by atoms with Gasteiger partial charge in [0.1, 0.15) is 19.3 Å². The topological polar surface area (TPSA) is 237 Å². The summed E-state index contributed by atoms with van der Waals surface area (Å²) in [5.41, 5.74) is 0. The highest BCUT2D eigenvalue weighted by atomic mass is 31.2. The van der Waals surface area contributed by atoms with E-state index in [2.05, 4.69) is 48.5 Å². The maximum Gasteiger partial charge on any atom is 0.472 e. The van der Waals surface area contributed by atoms with Gasteiger partial charge in [0.2, 0.25) is 0 Å². The first-order chi connectivity index (χ1) is 47.3. The number of aliphatic hydroxyl groups excluding tert-OH is 1. The second-order valence-corrected chi connectivity index (χ2v) is 32.3. The lowest BCUT2D eigenvalue weighted by Gasteiger charge is -2.21. The molecule has 0 aliphatic carbocycles. The molecule has 0 aliphatic heterocycles. The van der Waals surface area contributed by atoms with Gasteiger partial charge >= 0.3 is 39.5 Å². The van der Waals surface area contributed by atoms with E-state index in [1.54, 1.807) is 0 Å². The van der Waals surface area contributed by atoms with Crippen LogP contribution in [-0.4, -0.2) is 96.7 Å². The van der Waals surface area contributed by atoms with E-state index in [-0.39, 0.29) is 25.7 Å². The minimum Gasteiger partial charge on any atom is -0.462 e. The minimum absolute atomic E-state index is 0.105. The van der Waals surface area contributed by atoms with Crippen molar-refractivity contribution in [2.24, 2.45) is 17.8 Å². The van der Waals surface area contributed by atoms with Crippen molar-refractivity contribution >= 4 is 39.5 Å². The summed E-state index contributed by atoms with van der Waals surface area (Å²) in [6, 6.07) is 0. The van der Waals surface area contributed by atoms with Crippen molar-refractivity contribution in [2.75, 3.05) is 39.6 Å². The van der Waals surface area contributed by atoms with E-state index in [9.17, 15) is 43.2 Å². The van der Waals surface area contributed by atoms with Crippen LogP contribution in [-0.2, 0) is 65.4 Å². The van der Waals surface area contributed by atoms with Gasteiger partial charge in [0.15, 0.2) is 12.2 Å². The molecule has 7 atom stereocenters. The zero-order valence-electron chi connectivity index (χ0n) is 64.3. The van der Waals surface area contributed by atoms with Gasteiger partial charge in [-0.2, -0.15) is 0 Å². The van der Waals surface area contributed by atoms with Gasteiger partial charge in [-0.15, -0.1) is 0 Å². The van der Waals surface area contributed by atoms with Crippen molar-refractivity contribution in [3.05, 3.63) is 0 Å². The second kappa shape index (κ2) is 69.4. The Morgan fingerprint density at radius 3 is 0.776 bits per heavy atom. The first-order valence-electron chi connectivity index (χ1n) is 40.9. The Kier molecular flexibility index (Phi) is 68.1. The van der Waals surface area contributed by atoms with Crippen LogP contribution in [0.4, 0.5) is 0 Å². The van der Waals surface area contributed by atoms with Gasteiger partial charge in [0, 0.05) is 25.7 Å². The number of phosphoric acid groups is 2. The molecule has 0 aromatic heterocycles. The molecule has 0 heterocycles. The van der Waals surface area contributed by atoms with E-state index in [4.69, 9.17) is 37.0 Å². The highest BCUT2D eigenvalue weighted by molar-refractivity contribution is 7.47. The van der Waals surface area contributed by atoms with E-state index >= 15 is 0 Å². The lowest BCUT2D eigenvalue weighted by atomic mass is 9.99. The predicted molar refractivity (Wildman–Crippen MR) is 400 cm³/mol. The van der Waals surface area contributed by atoms with Crippen LogP contribution in [0.25, 0.3) is 0 Å². The number of carbonyl (C=O) groups excluding carboxylic acids is 4. The first kappa shape index (κ1) is 96.1. The Balaban J connectivity index is 5.26. The molecule has 0 rings (SSSR count). The lowest BCUT2D eigenvalue weighted by molar-refractivity contribution is -0.161.